The molecule has 90 valence electrons. The fourth-order valence-corrected chi connectivity index (χ4v) is 2.76. The summed E-state index contributed by atoms with van der Waals surface area (Å²) in [5.41, 5.74) is 0.976. The first-order valence-electron chi connectivity index (χ1n) is 4.85. The molecule has 0 bridgehead atoms. The first-order valence-corrected chi connectivity index (χ1v) is 6.54. The fourth-order valence-electron chi connectivity index (χ4n) is 1.23. The summed E-state index contributed by atoms with van der Waals surface area (Å²) in [5.74, 6) is 0. The zero-order chi connectivity index (χ0) is 12.4. The Bertz CT molecular complexity index is 537. The molecule has 2 aromatic rings. The second kappa shape index (κ2) is 4.76. The lowest BCUT2D eigenvalue weighted by atomic mass is 10.4. The van der Waals surface area contributed by atoms with Crippen molar-refractivity contribution in [2.45, 2.75) is 19.9 Å². The van der Waals surface area contributed by atoms with E-state index in [1.807, 2.05) is 19.2 Å². The molecule has 0 saturated heterocycles. The van der Waals surface area contributed by atoms with E-state index in [0.29, 0.717) is 5.13 Å². The van der Waals surface area contributed by atoms with Crippen molar-refractivity contribution in [3.63, 3.8) is 0 Å². The Morgan fingerprint density at radius 1 is 1.59 bits per heavy atom. The third-order valence-corrected chi connectivity index (χ3v) is 4.05. The molecule has 0 spiro atoms. The summed E-state index contributed by atoms with van der Waals surface area (Å²) >= 11 is 2.59. The summed E-state index contributed by atoms with van der Waals surface area (Å²) in [6.45, 7) is 3.88. The lowest BCUT2D eigenvalue weighted by Gasteiger charge is -2.08. The van der Waals surface area contributed by atoms with Gasteiger partial charge in [0.15, 0.2) is 5.13 Å². The van der Waals surface area contributed by atoms with Crippen molar-refractivity contribution < 1.29 is 4.92 Å². The van der Waals surface area contributed by atoms with Crippen molar-refractivity contribution in [2.75, 3.05) is 5.32 Å². The molecule has 1 N–H and O–H groups in total. The van der Waals surface area contributed by atoms with Gasteiger partial charge in [0.25, 0.3) is 0 Å². The molecule has 0 aliphatic heterocycles. The molecule has 0 fully saturated rings. The fraction of sp³-hybridized carbons (Fsp3) is 0.333. The Balaban J connectivity index is 2.07. The zero-order valence-corrected chi connectivity index (χ0v) is 10.8. The minimum absolute atomic E-state index is 0.000505. The SMILES string of the molecule is Cc1csc(C(C)Nc2ncc([N+](=O)[O-])s2)n1. The summed E-state index contributed by atoms with van der Waals surface area (Å²) in [6.07, 6.45) is 1.26. The Labute approximate surface area is 106 Å². The van der Waals surface area contributed by atoms with Crippen LogP contribution in [-0.2, 0) is 0 Å². The highest BCUT2D eigenvalue weighted by Gasteiger charge is 2.15. The number of nitrogens with zero attached hydrogens (tertiary/aromatic N) is 3. The molecule has 0 amide bonds. The average molecular weight is 270 g/mol. The van der Waals surface area contributed by atoms with E-state index in [1.54, 1.807) is 11.3 Å². The van der Waals surface area contributed by atoms with E-state index >= 15 is 0 Å². The van der Waals surface area contributed by atoms with Gasteiger partial charge in [-0.05, 0) is 25.2 Å². The van der Waals surface area contributed by atoms with Crippen LogP contribution < -0.4 is 5.32 Å². The highest BCUT2D eigenvalue weighted by atomic mass is 32.1. The molecule has 8 heteroatoms. The van der Waals surface area contributed by atoms with Crippen LogP contribution in [0.3, 0.4) is 0 Å². The van der Waals surface area contributed by atoms with Gasteiger partial charge in [0.05, 0.1) is 11.0 Å². The summed E-state index contributed by atoms with van der Waals surface area (Å²) < 4.78 is 0. The van der Waals surface area contributed by atoms with Crippen LogP contribution in [0.4, 0.5) is 10.1 Å². The van der Waals surface area contributed by atoms with Crippen LogP contribution in [0.2, 0.25) is 0 Å². The lowest BCUT2D eigenvalue weighted by Crippen LogP contribution is -2.05. The predicted octanol–water partition coefficient (Wildman–Crippen LogP) is 2.99. The number of aromatic nitrogens is 2. The standard InChI is InChI=1S/C9H10N4O2S2/c1-5-4-16-8(11-5)6(2)12-9-10-3-7(17-9)13(14)15/h3-4,6H,1-2H3,(H,10,12). The van der Waals surface area contributed by atoms with Gasteiger partial charge < -0.3 is 5.32 Å². The second-order valence-corrected chi connectivity index (χ2v) is 5.35. The maximum Gasteiger partial charge on any atom is 0.345 e. The molecule has 0 radical (unpaired) electrons. The molecule has 0 aromatic carbocycles. The van der Waals surface area contributed by atoms with E-state index in [4.69, 9.17) is 0 Å². The highest BCUT2D eigenvalue weighted by Crippen LogP contribution is 2.28. The number of nitrogens with one attached hydrogen (secondary N) is 1. The van der Waals surface area contributed by atoms with Crippen LogP contribution in [0, 0.1) is 17.0 Å². The molecule has 0 aliphatic rings. The van der Waals surface area contributed by atoms with Gasteiger partial charge in [0.2, 0.25) is 0 Å². The third-order valence-electron chi connectivity index (χ3n) is 2.02. The van der Waals surface area contributed by atoms with E-state index in [9.17, 15) is 10.1 Å². The first-order chi connectivity index (χ1) is 8.06. The summed E-state index contributed by atoms with van der Waals surface area (Å²) in [5, 5.41) is 17.1. The van der Waals surface area contributed by atoms with Crippen LogP contribution in [0.1, 0.15) is 23.7 Å². The van der Waals surface area contributed by atoms with E-state index in [-0.39, 0.29) is 11.0 Å². The molecule has 1 atom stereocenters. The molecule has 0 aliphatic carbocycles. The normalized spacial score (nSPS) is 12.4. The van der Waals surface area contributed by atoms with Crippen LogP contribution in [0.15, 0.2) is 11.6 Å². The van der Waals surface area contributed by atoms with Gasteiger partial charge in [-0.25, -0.2) is 9.97 Å². The molecular formula is C9H10N4O2S2. The van der Waals surface area contributed by atoms with Gasteiger partial charge in [-0.3, -0.25) is 10.1 Å². The van der Waals surface area contributed by atoms with E-state index in [2.05, 4.69) is 15.3 Å². The molecule has 1 unspecified atom stereocenters. The predicted molar refractivity (Wildman–Crippen MR) is 67.7 cm³/mol. The van der Waals surface area contributed by atoms with Gasteiger partial charge >= 0.3 is 5.00 Å². The average Bonchev–Trinajstić information content (AvgIpc) is 2.86. The van der Waals surface area contributed by atoms with Crippen molar-refractivity contribution in [1.82, 2.24) is 9.97 Å². The molecular weight excluding hydrogens is 260 g/mol. The quantitative estimate of drug-likeness (QED) is 0.682. The minimum atomic E-state index is -0.443. The number of thiazole rings is 2. The number of hydrogen-bond donors (Lipinski definition) is 1. The number of anilines is 1. The number of rotatable bonds is 4. The largest absolute Gasteiger partial charge is 0.352 e. The number of hydrogen-bond acceptors (Lipinski definition) is 7. The topological polar surface area (TPSA) is 81.0 Å². The van der Waals surface area contributed by atoms with Gasteiger partial charge in [-0.1, -0.05) is 0 Å². The lowest BCUT2D eigenvalue weighted by molar-refractivity contribution is -0.380. The second-order valence-electron chi connectivity index (χ2n) is 3.45. The molecule has 2 heterocycles. The smallest absolute Gasteiger partial charge is 0.345 e. The molecule has 6 nitrogen and oxygen atoms in total. The van der Waals surface area contributed by atoms with Crippen molar-refractivity contribution in [3.8, 4) is 0 Å². The van der Waals surface area contributed by atoms with Crippen molar-refractivity contribution in [1.29, 1.82) is 0 Å². The maximum atomic E-state index is 10.5. The van der Waals surface area contributed by atoms with E-state index in [0.717, 1.165) is 22.0 Å². The minimum Gasteiger partial charge on any atom is -0.352 e. The van der Waals surface area contributed by atoms with E-state index in [1.165, 1.54) is 6.20 Å². The highest BCUT2D eigenvalue weighted by molar-refractivity contribution is 7.18. The monoisotopic (exact) mass is 270 g/mol. The zero-order valence-electron chi connectivity index (χ0n) is 9.21. The molecule has 17 heavy (non-hydrogen) atoms. The number of nitro groups is 1. The van der Waals surface area contributed by atoms with Crippen molar-refractivity contribution in [3.05, 3.63) is 32.4 Å². The van der Waals surface area contributed by atoms with Gasteiger partial charge in [0.1, 0.15) is 11.2 Å². The van der Waals surface area contributed by atoms with Gasteiger partial charge in [0, 0.05) is 11.1 Å². The molecule has 0 saturated carbocycles. The van der Waals surface area contributed by atoms with Crippen molar-refractivity contribution >= 4 is 32.8 Å². The molecule has 2 rings (SSSR count). The van der Waals surface area contributed by atoms with Gasteiger partial charge in [-0.15, -0.1) is 11.3 Å². The Hall–Kier alpha value is -1.54. The Morgan fingerprint density at radius 3 is 2.88 bits per heavy atom. The van der Waals surface area contributed by atoms with Crippen LogP contribution in [-0.4, -0.2) is 14.9 Å². The summed E-state index contributed by atoms with van der Waals surface area (Å²) in [7, 11) is 0. The molecule has 2 aromatic heterocycles. The first kappa shape index (κ1) is 11.9. The van der Waals surface area contributed by atoms with E-state index < -0.39 is 4.92 Å². The third kappa shape index (κ3) is 2.77. The summed E-state index contributed by atoms with van der Waals surface area (Å²) in [4.78, 5) is 18.4. The van der Waals surface area contributed by atoms with Crippen LogP contribution >= 0.6 is 22.7 Å². The maximum absolute atomic E-state index is 10.5. The number of aryl methyl sites for hydroxylation is 1. The Morgan fingerprint density at radius 2 is 2.35 bits per heavy atom. The van der Waals surface area contributed by atoms with Crippen LogP contribution in [0.5, 0.6) is 0 Å². The van der Waals surface area contributed by atoms with Crippen molar-refractivity contribution in [2.24, 2.45) is 0 Å². The van der Waals surface area contributed by atoms with Gasteiger partial charge in [-0.2, -0.15) is 0 Å². The Kier molecular flexibility index (Phi) is 3.34. The summed E-state index contributed by atoms with van der Waals surface area (Å²) in [6, 6.07) is -0.000505. The van der Waals surface area contributed by atoms with Crippen LogP contribution in [0.25, 0.3) is 0 Å².